The predicted molar refractivity (Wildman–Crippen MR) is 146 cm³/mol. The molecule has 3 aromatic carbocycles. The Morgan fingerprint density at radius 2 is 1.16 bits per heavy atom. The van der Waals surface area contributed by atoms with Crippen molar-refractivity contribution in [3.8, 4) is 5.75 Å². The van der Waals surface area contributed by atoms with E-state index in [1.54, 1.807) is 43.3 Å². The fourth-order valence-corrected chi connectivity index (χ4v) is 3.62. The van der Waals surface area contributed by atoms with Crippen LogP contribution in [0.1, 0.15) is 67.2 Å². The van der Waals surface area contributed by atoms with Crippen LogP contribution in [-0.4, -0.2) is 31.6 Å². The average Bonchev–Trinajstić information content (AvgIpc) is 2.93. The molecular weight excluding hydrogens is 466 g/mol. The van der Waals surface area contributed by atoms with Crippen molar-refractivity contribution in [2.24, 2.45) is 10.2 Å². The topological polar surface area (TPSA) is 80.6 Å². The van der Waals surface area contributed by atoms with Gasteiger partial charge in [-0.3, -0.25) is 0 Å². The third-order valence-corrected chi connectivity index (χ3v) is 5.74. The Labute approximate surface area is 219 Å². The number of nitrogens with zero attached hydrogens (tertiary/aromatic N) is 3. The number of ether oxygens (including phenoxy) is 2. The zero-order valence-electron chi connectivity index (χ0n) is 21.9. The highest BCUT2D eigenvalue weighted by Gasteiger charge is 2.11. The van der Waals surface area contributed by atoms with Gasteiger partial charge in [-0.1, -0.05) is 26.7 Å². The maximum Gasteiger partial charge on any atom is 0.343 e. The molecule has 0 bridgehead atoms. The van der Waals surface area contributed by atoms with Crippen LogP contribution in [0.5, 0.6) is 5.75 Å². The van der Waals surface area contributed by atoms with Gasteiger partial charge in [0.15, 0.2) is 0 Å². The van der Waals surface area contributed by atoms with Crippen molar-refractivity contribution >= 4 is 29.0 Å². The predicted octanol–water partition coefficient (Wildman–Crippen LogP) is 7.90. The summed E-state index contributed by atoms with van der Waals surface area (Å²) in [6.45, 7) is 8.59. The first-order valence-electron chi connectivity index (χ1n) is 12.9. The van der Waals surface area contributed by atoms with E-state index < -0.39 is 11.9 Å². The number of carbonyl (C=O) groups is 2. The minimum Gasteiger partial charge on any atom is -0.462 e. The molecule has 3 aromatic rings. The van der Waals surface area contributed by atoms with Gasteiger partial charge in [-0.25, -0.2) is 9.59 Å². The zero-order valence-corrected chi connectivity index (χ0v) is 21.9. The van der Waals surface area contributed by atoms with Gasteiger partial charge in [0, 0.05) is 18.8 Å². The van der Waals surface area contributed by atoms with E-state index in [-0.39, 0.29) is 0 Å². The van der Waals surface area contributed by atoms with Crippen molar-refractivity contribution in [2.45, 2.75) is 46.5 Å². The van der Waals surface area contributed by atoms with E-state index >= 15 is 0 Å². The molecule has 0 fully saturated rings. The number of carbonyl (C=O) groups excluding carboxylic acids is 2. The van der Waals surface area contributed by atoms with E-state index in [1.807, 2.05) is 12.1 Å². The summed E-state index contributed by atoms with van der Waals surface area (Å²) in [5, 5.41) is 8.63. The molecular formula is C30H35N3O4. The van der Waals surface area contributed by atoms with Crippen LogP contribution in [0.25, 0.3) is 0 Å². The van der Waals surface area contributed by atoms with Crippen LogP contribution in [0, 0.1) is 0 Å². The summed E-state index contributed by atoms with van der Waals surface area (Å²) in [6, 6.07) is 21.1. The Hall–Kier alpha value is -4.00. The molecule has 0 aliphatic carbocycles. The van der Waals surface area contributed by atoms with Crippen LogP contribution in [0.15, 0.2) is 83.0 Å². The number of unbranched alkanes of at least 4 members (excludes halogenated alkanes) is 2. The molecule has 0 aliphatic rings. The summed E-state index contributed by atoms with van der Waals surface area (Å²) in [7, 11) is 0. The molecule has 0 aromatic heterocycles. The minimum atomic E-state index is -0.517. The van der Waals surface area contributed by atoms with Crippen molar-refractivity contribution in [1.82, 2.24) is 0 Å². The molecule has 0 unspecified atom stereocenters. The minimum absolute atomic E-state index is 0.293. The van der Waals surface area contributed by atoms with Gasteiger partial charge < -0.3 is 14.4 Å². The number of esters is 2. The SMILES string of the molecule is CCCCN(CCCC)c1ccc(N=Nc2ccc(OC(=O)c3ccc(C(=O)OCC)cc3)cc2)cc1. The zero-order chi connectivity index (χ0) is 26.5. The molecule has 0 N–H and O–H groups in total. The smallest absolute Gasteiger partial charge is 0.343 e. The quantitative estimate of drug-likeness (QED) is 0.135. The second kappa shape index (κ2) is 14.5. The molecule has 37 heavy (non-hydrogen) atoms. The monoisotopic (exact) mass is 501 g/mol. The Balaban J connectivity index is 1.57. The summed E-state index contributed by atoms with van der Waals surface area (Å²) in [5.41, 5.74) is 3.35. The largest absolute Gasteiger partial charge is 0.462 e. The highest BCUT2D eigenvalue weighted by Crippen LogP contribution is 2.24. The average molecular weight is 502 g/mol. The summed E-state index contributed by atoms with van der Waals surface area (Å²) >= 11 is 0. The molecule has 0 atom stereocenters. The van der Waals surface area contributed by atoms with Crippen LogP contribution >= 0.6 is 0 Å². The summed E-state index contributed by atoms with van der Waals surface area (Å²) in [6.07, 6.45) is 4.71. The lowest BCUT2D eigenvalue weighted by molar-refractivity contribution is 0.0525. The highest BCUT2D eigenvalue weighted by atomic mass is 16.5. The summed E-state index contributed by atoms with van der Waals surface area (Å²) in [4.78, 5) is 26.6. The molecule has 0 aliphatic heterocycles. The van der Waals surface area contributed by atoms with Gasteiger partial charge >= 0.3 is 11.9 Å². The number of benzene rings is 3. The number of rotatable bonds is 13. The van der Waals surface area contributed by atoms with E-state index in [4.69, 9.17) is 9.47 Å². The maximum atomic E-state index is 12.4. The van der Waals surface area contributed by atoms with Crippen molar-refractivity contribution in [3.63, 3.8) is 0 Å². The van der Waals surface area contributed by atoms with Gasteiger partial charge in [0.2, 0.25) is 0 Å². The van der Waals surface area contributed by atoms with E-state index in [2.05, 4.69) is 41.1 Å². The molecule has 0 heterocycles. The first-order valence-corrected chi connectivity index (χ1v) is 12.9. The van der Waals surface area contributed by atoms with Gasteiger partial charge in [0.25, 0.3) is 0 Å². The summed E-state index contributed by atoms with van der Waals surface area (Å²) < 4.78 is 10.4. The van der Waals surface area contributed by atoms with Crippen LogP contribution in [0.3, 0.4) is 0 Å². The van der Waals surface area contributed by atoms with Gasteiger partial charge in [-0.05, 0) is 92.6 Å². The Bertz CT molecular complexity index is 1150. The van der Waals surface area contributed by atoms with Crippen LogP contribution in [-0.2, 0) is 4.74 Å². The molecule has 0 amide bonds. The molecule has 0 spiro atoms. The van der Waals surface area contributed by atoms with Gasteiger partial charge in [-0.15, -0.1) is 0 Å². The number of anilines is 1. The highest BCUT2D eigenvalue weighted by molar-refractivity contribution is 5.94. The molecule has 3 rings (SSSR count). The van der Waals surface area contributed by atoms with Crippen LogP contribution in [0.2, 0.25) is 0 Å². The van der Waals surface area contributed by atoms with E-state index in [0.29, 0.717) is 29.2 Å². The lowest BCUT2D eigenvalue weighted by atomic mass is 10.1. The Kier molecular flexibility index (Phi) is 10.8. The fourth-order valence-electron chi connectivity index (χ4n) is 3.62. The number of hydrogen-bond acceptors (Lipinski definition) is 7. The van der Waals surface area contributed by atoms with E-state index in [1.165, 1.54) is 43.5 Å². The second-order valence-corrected chi connectivity index (χ2v) is 8.59. The number of hydrogen-bond donors (Lipinski definition) is 0. The molecule has 0 saturated heterocycles. The lowest BCUT2D eigenvalue weighted by Crippen LogP contribution is -2.25. The van der Waals surface area contributed by atoms with E-state index in [9.17, 15) is 9.59 Å². The fraction of sp³-hybridized carbons (Fsp3) is 0.333. The maximum absolute atomic E-state index is 12.4. The first-order chi connectivity index (χ1) is 18.0. The number of azo groups is 1. The van der Waals surface area contributed by atoms with E-state index in [0.717, 1.165) is 18.8 Å². The normalized spacial score (nSPS) is 10.9. The molecule has 194 valence electrons. The molecule has 7 nitrogen and oxygen atoms in total. The standard InChI is InChI=1S/C30H35N3O4/c1-4-7-21-33(22-8-5-2)27-17-13-25(14-18-27)31-32-26-15-19-28(20-16-26)37-30(35)24-11-9-23(10-12-24)29(34)36-6-3/h9-20H,4-8,21-22H2,1-3H3. The third-order valence-electron chi connectivity index (χ3n) is 5.74. The van der Waals surface area contributed by atoms with Gasteiger partial charge in [0.05, 0.1) is 29.1 Å². The van der Waals surface area contributed by atoms with Crippen molar-refractivity contribution in [2.75, 3.05) is 24.6 Å². The lowest BCUT2D eigenvalue weighted by Gasteiger charge is -2.24. The van der Waals surface area contributed by atoms with Crippen molar-refractivity contribution < 1.29 is 19.1 Å². The second-order valence-electron chi connectivity index (χ2n) is 8.59. The van der Waals surface area contributed by atoms with Crippen molar-refractivity contribution in [1.29, 1.82) is 0 Å². The molecule has 0 saturated carbocycles. The summed E-state index contributed by atoms with van der Waals surface area (Å²) in [5.74, 6) is -0.553. The Morgan fingerprint density at radius 3 is 1.65 bits per heavy atom. The van der Waals surface area contributed by atoms with Crippen molar-refractivity contribution in [3.05, 3.63) is 83.9 Å². The third kappa shape index (κ3) is 8.56. The Morgan fingerprint density at radius 1 is 0.676 bits per heavy atom. The molecule has 7 heteroatoms. The molecule has 0 radical (unpaired) electrons. The first kappa shape index (κ1) is 27.6. The van der Waals surface area contributed by atoms with Crippen LogP contribution in [0.4, 0.5) is 17.1 Å². The van der Waals surface area contributed by atoms with Crippen LogP contribution < -0.4 is 9.64 Å². The van der Waals surface area contributed by atoms with Gasteiger partial charge in [-0.2, -0.15) is 10.2 Å². The van der Waals surface area contributed by atoms with Gasteiger partial charge in [0.1, 0.15) is 5.75 Å².